The Hall–Kier alpha value is -2.37. The third kappa shape index (κ3) is 3.59. The van der Waals surface area contributed by atoms with E-state index in [9.17, 15) is 30.4 Å². The number of anilines is 1. The summed E-state index contributed by atoms with van der Waals surface area (Å²) in [7, 11) is -4.32. The first-order valence-corrected chi connectivity index (χ1v) is 9.73. The summed E-state index contributed by atoms with van der Waals surface area (Å²) in [6, 6.07) is 4.92. The smallest absolute Gasteiger partial charge is 0.264 e. The van der Waals surface area contributed by atoms with Gasteiger partial charge in [0.2, 0.25) is 0 Å². The second-order valence-corrected chi connectivity index (χ2v) is 7.88. The summed E-state index contributed by atoms with van der Waals surface area (Å²) in [5.74, 6) is -4.36. The van der Waals surface area contributed by atoms with E-state index in [1.165, 1.54) is 18.2 Å². The highest BCUT2D eigenvalue weighted by Crippen LogP contribution is 2.27. The average molecular weight is 403 g/mol. The molecule has 2 aromatic carbocycles. The Balaban J connectivity index is 2.00. The molecule has 0 spiro atoms. The van der Waals surface area contributed by atoms with Crippen LogP contribution >= 0.6 is 0 Å². The normalized spacial score (nSPS) is 13.1. The maximum Gasteiger partial charge on any atom is 0.264 e. The molecule has 1 aromatic heterocycles. The van der Waals surface area contributed by atoms with Crippen LogP contribution in [-0.4, -0.2) is 22.2 Å². The van der Waals surface area contributed by atoms with Crippen molar-refractivity contribution in [1.29, 1.82) is 0 Å². The third-order valence-electron chi connectivity index (χ3n) is 3.54. The molecule has 0 aliphatic rings. The van der Waals surface area contributed by atoms with E-state index >= 15 is 0 Å². The van der Waals surface area contributed by atoms with Gasteiger partial charge in [0, 0.05) is 35.0 Å². The maximum absolute atomic E-state index is 13.7. The van der Waals surface area contributed by atoms with Gasteiger partial charge in [0.25, 0.3) is 10.0 Å². The molecule has 0 saturated carbocycles. The zero-order valence-electron chi connectivity index (χ0n) is 12.8. The van der Waals surface area contributed by atoms with Gasteiger partial charge in [-0.3, -0.25) is 8.93 Å². The lowest BCUT2D eigenvalue weighted by atomic mass is 10.2. The molecule has 11 heteroatoms. The van der Waals surface area contributed by atoms with Gasteiger partial charge < -0.3 is 9.54 Å². The molecule has 1 atom stereocenters. The number of H-pyrrole nitrogens is 1. The van der Waals surface area contributed by atoms with Gasteiger partial charge in [0.05, 0.1) is 5.69 Å². The number of hydrogen-bond donors (Lipinski definition) is 2. The molecule has 2 N–H and O–H groups in total. The summed E-state index contributed by atoms with van der Waals surface area (Å²) >= 11 is -2.31. The van der Waals surface area contributed by atoms with E-state index in [0.717, 1.165) is 6.20 Å². The van der Waals surface area contributed by atoms with Crippen molar-refractivity contribution in [2.45, 2.75) is 10.6 Å². The molecular weight excluding hydrogens is 393 g/mol. The number of aromatic nitrogens is 1. The standard InChI is InChI=1S/C15H11F3N2O4S2/c16-10-4-12(18)14(5-11(10)17)20-26(23,24)15-6-19-13-3-8(7-25(21)22)1-2-9(13)15/h1-6,19-20H,7H2,(H,21,22)/p-1. The minimum Gasteiger partial charge on any atom is -0.772 e. The molecule has 0 aliphatic carbocycles. The minimum atomic E-state index is -4.32. The molecule has 3 aromatic rings. The molecule has 138 valence electrons. The van der Waals surface area contributed by atoms with Gasteiger partial charge in [-0.25, -0.2) is 21.6 Å². The van der Waals surface area contributed by atoms with Gasteiger partial charge in [-0.1, -0.05) is 23.2 Å². The third-order valence-corrected chi connectivity index (χ3v) is 5.51. The van der Waals surface area contributed by atoms with Crippen LogP contribution in [-0.2, 0) is 26.9 Å². The Morgan fingerprint density at radius 1 is 1.08 bits per heavy atom. The van der Waals surface area contributed by atoms with Crippen molar-refractivity contribution in [2.75, 3.05) is 4.72 Å². The first kappa shape index (κ1) is 18.4. The number of fused-ring (bicyclic) bond motifs is 1. The Labute approximate surface area is 148 Å². The van der Waals surface area contributed by atoms with Gasteiger partial charge >= 0.3 is 0 Å². The highest BCUT2D eigenvalue weighted by Gasteiger charge is 2.22. The molecule has 0 amide bonds. The molecule has 0 aliphatic heterocycles. The van der Waals surface area contributed by atoms with Crippen LogP contribution in [0.4, 0.5) is 18.9 Å². The van der Waals surface area contributed by atoms with Crippen molar-refractivity contribution < 1.29 is 30.4 Å². The predicted molar refractivity (Wildman–Crippen MR) is 88.0 cm³/mol. The average Bonchev–Trinajstić information content (AvgIpc) is 2.96. The summed E-state index contributed by atoms with van der Waals surface area (Å²) in [6.07, 6.45) is 1.13. The fraction of sp³-hybridized carbons (Fsp3) is 0.0667. The number of nitrogens with one attached hydrogen (secondary N) is 2. The van der Waals surface area contributed by atoms with Crippen molar-refractivity contribution in [3.05, 3.63) is 59.5 Å². The topological polar surface area (TPSA) is 102 Å². The van der Waals surface area contributed by atoms with Crippen molar-refractivity contribution in [3.8, 4) is 0 Å². The van der Waals surface area contributed by atoms with Crippen LogP contribution in [0.2, 0.25) is 0 Å². The number of halogens is 3. The number of benzene rings is 2. The van der Waals surface area contributed by atoms with Gasteiger partial charge in [0.15, 0.2) is 11.6 Å². The van der Waals surface area contributed by atoms with Crippen LogP contribution in [0, 0.1) is 17.5 Å². The molecule has 3 rings (SSSR count). The molecule has 0 bridgehead atoms. The van der Waals surface area contributed by atoms with E-state index in [0.29, 0.717) is 17.1 Å². The maximum atomic E-state index is 13.7. The van der Waals surface area contributed by atoms with Gasteiger partial charge in [0.1, 0.15) is 10.7 Å². The molecule has 26 heavy (non-hydrogen) atoms. The predicted octanol–water partition coefficient (Wildman–Crippen LogP) is 2.77. The lowest BCUT2D eigenvalue weighted by Crippen LogP contribution is -2.14. The Morgan fingerprint density at radius 3 is 2.46 bits per heavy atom. The summed E-state index contributed by atoms with van der Waals surface area (Å²) < 4.78 is 88.2. The van der Waals surface area contributed by atoms with Gasteiger partial charge in [-0.2, -0.15) is 0 Å². The molecule has 0 fully saturated rings. The monoisotopic (exact) mass is 403 g/mol. The molecule has 1 heterocycles. The SMILES string of the molecule is O=S([O-])Cc1ccc2c(S(=O)(=O)Nc3cc(F)c(F)cc3F)c[nH]c2c1. The Bertz CT molecular complexity index is 1130. The lowest BCUT2D eigenvalue weighted by molar-refractivity contribution is 0.496. The molecule has 6 nitrogen and oxygen atoms in total. The van der Waals surface area contributed by atoms with Crippen molar-refractivity contribution in [2.24, 2.45) is 0 Å². The van der Waals surface area contributed by atoms with E-state index in [1.54, 1.807) is 0 Å². The zero-order chi connectivity index (χ0) is 19.1. The first-order valence-electron chi connectivity index (χ1n) is 7.00. The largest absolute Gasteiger partial charge is 0.772 e. The van der Waals surface area contributed by atoms with Gasteiger partial charge in [-0.15, -0.1) is 0 Å². The lowest BCUT2D eigenvalue weighted by Gasteiger charge is -2.09. The summed E-state index contributed by atoms with van der Waals surface area (Å²) in [6.45, 7) is 0. The van der Waals surface area contributed by atoms with Crippen molar-refractivity contribution in [3.63, 3.8) is 0 Å². The van der Waals surface area contributed by atoms with E-state index in [-0.39, 0.29) is 22.1 Å². The minimum absolute atomic E-state index is 0.223. The zero-order valence-corrected chi connectivity index (χ0v) is 14.4. The fourth-order valence-electron chi connectivity index (χ4n) is 2.40. The van der Waals surface area contributed by atoms with E-state index in [4.69, 9.17) is 0 Å². The molecule has 0 radical (unpaired) electrons. The van der Waals surface area contributed by atoms with E-state index in [1.807, 2.05) is 4.72 Å². The van der Waals surface area contributed by atoms with E-state index in [2.05, 4.69) is 4.98 Å². The highest BCUT2D eigenvalue weighted by molar-refractivity contribution is 7.93. The van der Waals surface area contributed by atoms with Crippen LogP contribution in [0.15, 0.2) is 41.4 Å². The van der Waals surface area contributed by atoms with Crippen LogP contribution in [0.25, 0.3) is 10.9 Å². The van der Waals surface area contributed by atoms with Crippen LogP contribution in [0.1, 0.15) is 5.56 Å². The number of sulfonamides is 1. The molecule has 0 saturated heterocycles. The summed E-state index contributed by atoms with van der Waals surface area (Å²) in [4.78, 5) is 2.42. The molecule has 1 unspecified atom stereocenters. The number of rotatable bonds is 5. The quantitative estimate of drug-likeness (QED) is 0.505. The van der Waals surface area contributed by atoms with Crippen LogP contribution in [0.5, 0.6) is 0 Å². The van der Waals surface area contributed by atoms with E-state index < -0.39 is 44.2 Å². The number of hydrogen-bond acceptors (Lipinski definition) is 4. The summed E-state index contributed by atoms with van der Waals surface area (Å²) in [5.41, 5.74) is 0.0481. The number of aromatic amines is 1. The van der Waals surface area contributed by atoms with Crippen molar-refractivity contribution in [1.82, 2.24) is 4.98 Å². The first-order chi connectivity index (χ1) is 12.2. The Morgan fingerprint density at radius 2 is 1.77 bits per heavy atom. The second-order valence-electron chi connectivity index (χ2n) is 5.33. The summed E-state index contributed by atoms with van der Waals surface area (Å²) in [5, 5.41) is 0.223. The molecular formula is C15H10F3N2O4S2-. The van der Waals surface area contributed by atoms with Crippen LogP contribution < -0.4 is 4.72 Å². The van der Waals surface area contributed by atoms with Gasteiger partial charge in [-0.05, 0) is 11.6 Å². The fourth-order valence-corrected chi connectivity index (χ4v) is 4.08. The van der Waals surface area contributed by atoms with Crippen LogP contribution in [0.3, 0.4) is 0 Å². The second kappa shape index (κ2) is 6.74. The van der Waals surface area contributed by atoms with Crippen molar-refractivity contribution >= 4 is 37.7 Å². The highest BCUT2D eigenvalue weighted by atomic mass is 32.2. The Kier molecular flexibility index (Phi) is 4.78.